The number of ether oxygens (including phenoxy) is 1. The maximum absolute atomic E-state index is 11.8. The van der Waals surface area contributed by atoms with Crippen LogP contribution in [0.2, 0.25) is 0 Å². The van der Waals surface area contributed by atoms with E-state index in [-0.39, 0.29) is 11.9 Å². The van der Waals surface area contributed by atoms with Gasteiger partial charge in [-0.15, -0.1) is 0 Å². The number of rotatable bonds is 4. The number of hydrazine groups is 1. The molecule has 0 heterocycles. The van der Waals surface area contributed by atoms with Crippen LogP contribution in [0.1, 0.15) is 20.8 Å². The summed E-state index contributed by atoms with van der Waals surface area (Å²) in [6.45, 7) is 5.57. The predicted octanol–water partition coefficient (Wildman–Crippen LogP) is 2.12. The lowest BCUT2D eigenvalue weighted by Crippen LogP contribution is -2.51. The van der Waals surface area contributed by atoms with Gasteiger partial charge < -0.3 is 10.1 Å². The quantitative estimate of drug-likeness (QED) is 0.567. The normalized spacial score (nSPS) is 11.7. The standard InChI is InChI=1S/C13H18BrN3O2S/c1-8(2)15-13(20)17-16-12(18)9(3)19-11-6-4-5-10(14)7-11/h4-9H,1-3H3,(H,16,18)(H2,15,17,20)/t9-/m0/s1. The molecule has 7 heteroatoms. The minimum atomic E-state index is -0.640. The van der Waals surface area contributed by atoms with Gasteiger partial charge in [0.25, 0.3) is 5.91 Å². The van der Waals surface area contributed by atoms with Crippen molar-refractivity contribution in [3.63, 3.8) is 0 Å². The summed E-state index contributed by atoms with van der Waals surface area (Å²) in [5, 5.41) is 3.32. The van der Waals surface area contributed by atoms with Crippen molar-refractivity contribution in [3.8, 4) is 5.75 Å². The number of amides is 1. The number of thiocarbonyl (C=S) groups is 1. The van der Waals surface area contributed by atoms with Gasteiger partial charge in [-0.25, -0.2) is 0 Å². The van der Waals surface area contributed by atoms with E-state index in [2.05, 4.69) is 32.1 Å². The number of carbonyl (C=O) groups excluding carboxylic acids is 1. The first-order valence-corrected chi connectivity index (χ1v) is 7.37. The summed E-state index contributed by atoms with van der Waals surface area (Å²) in [5.41, 5.74) is 5.12. The van der Waals surface area contributed by atoms with Crippen LogP contribution in [-0.4, -0.2) is 23.2 Å². The zero-order valence-electron chi connectivity index (χ0n) is 11.6. The van der Waals surface area contributed by atoms with E-state index in [1.807, 2.05) is 26.0 Å². The SMILES string of the molecule is CC(C)NC(=S)NNC(=O)[C@H](C)Oc1cccc(Br)c1. The molecule has 1 aromatic carbocycles. The number of benzene rings is 1. The van der Waals surface area contributed by atoms with Crippen molar-refractivity contribution in [2.45, 2.75) is 32.9 Å². The molecule has 0 bridgehead atoms. The molecule has 1 amide bonds. The van der Waals surface area contributed by atoms with Crippen molar-refractivity contribution in [3.05, 3.63) is 28.7 Å². The van der Waals surface area contributed by atoms with Crippen molar-refractivity contribution in [2.75, 3.05) is 0 Å². The van der Waals surface area contributed by atoms with E-state index in [1.54, 1.807) is 19.1 Å². The van der Waals surface area contributed by atoms with E-state index < -0.39 is 6.10 Å². The third kappa shape index (κ3) is 6.21. The van der Waals surface area contributed by atoms with Crippen molar-refractivity contribution in [1.29, 1.82) is 0 Å². The van der Waals surface area contributed by atoms with Gasteiger partial charge in [0.1, 0.15) is 5.75 Å². The summed E-state index contributed by atoms with van der Waals surface area (Å²) < 4.78 is 6.42. The van der Waals surface area contributed by atoms with Crippen molar-refractivity contribution in [1.82, 2.24) is 16.2 Å². The molecule has 0 fully saturated rings. The molecule has 0 saturated carbocycles. The van der Waals surface area contributed by atoms with Crippen LogP contribution in [-0.2, 0) is 4.79 Å². The molecule has 20 heavy (non-hydrogen) atoms. The van der Waals surface area contributed by atoms with Crippen LogP contribution in [0.25, 0.3) is 0 Å². The third-order valence-corrected chi connectivity index (χ3v) is 2.91. The lowest BCUT2D eigenvalue weighted by molar-refractivity contribution is -0.127. The summed E-state index contributed by atoms with van der Waals surface area (Å²) in [6, 6.07) is 7.50. The van der Waals surface area contributed by atoms with Gasteiger partial charge >= 0.3 is 0 Å². The van der Waals surface area contributed by atoms with Gasteiger partial charge in [0.2, 0.25) is 0 Å². The first-order valence-electron chi connectivity index (χ1n) is 6.17. The fourth-order valence-electron chi connectivity index (χ4n) is 1.32. The minimum Gasteiger partial charge on any atom is -0.481 e. The van der Waals surface area contributed by atoms with Crippen LogP contribution in [0.5, 0.6) is 5.75 Å². The van der Waals surface area contributed by atoms with Crippen LogP contribution >= 0.6 is 28.1 Å². The second kappa shape index (κ2) is 8.06. The Morgan fingerprint density at radius 2 is 2.00 bits per heavy atom. The molecule has 3 N–H and O–H groups in total. The summed E-state index contributed by atoms with van der Waals surface area (Å²) in [4.78, 5) is 11.8. The maximum atomic E-state index is 11.8. The molecule has 0 radical (unpaired) electrons. The molecule has 5 nitrogen and oxygen atoms in total. The van der Waals surface area contributed by atoms with E-state index >= 15 is 0 Å². The number of hydrogen-bond acceptors (Lipinski definition) is 3. The largest absolute Gasteiger partial charge is 0.481 e. The molecular formula is C13H18BrN3O2S. The lowest BCUT2D eigenvalue weighted by atomic mass is 10.3. The van der Waals surface area contributed by atoms with Crippen LogP contribution in [0, 0.1) is 0 Å². The highest BCUT2D eigenvalue weighted by molar-refractivity contribution is 9.10. The van der Waals surface area contributed by atoms with E-state index in [4.69, 9.17) is 17.0 Å². The number of halogens is 1. The van der Waals surface area contributed by atoms with Gasteiger partial charge in [0, 0.05) is 10.5 Å². The number of carbonyl (C=O) groups is 1. The Balaban J connectivity index is 2.41. The van der Waals surface area contributed by atoms with Crippen molar-refractivity contribution in [2.24, 2.45) is 0 Å². The minimum absolute atomic E-state index is 0.197. The first kappa shape index (κ1) is 16.7. The average Bonchev–Trinajstić information content (AvgIpc) is 2.35. The maximum Gasteiger partial charge on any atom is 0.279 e. The highest BCUT2D eigenvalue weighted by atomic mass is 79.9. The fraction of sp³-hybridized carbons (Fsp3) is 0.385. The number of nitrogens with one attached hydrogen (secondary N) is 3. The van der Waals surface area contributed by atoms with E-state index in [1.165, 1.54) is 0 Å². The van der Waals surface area contributed by atoms with Gasteiger partial charge in [-0.2, -0.15) is 0 Å². The Kier molecular flexibility index (Phi) is 6.74. The van der Waals surface area contributed by atoms with E-state index in [9.17, 15) is 4.79 Å². The Morgan fingerprint density at radius 3 is 2.60 bits per heavy atom. The van der Waals surface area contributed by atoms with Gasteiger partial charge in [0.15, 0.2) is 11.2 Å². The van der Waals surface area contributed by atoms with Crippen LogP contribution < -0.4 is 20.9 Å². The second-order valence-corrected chi connectivity index (χ2v) is 5.78. The van der Waals surface area contributed by atoms with Crippen molar-refractivity contribution < 1.29 is 9.53 Å². The Morgan fingerprint density at radius 1 is 1.30 bits per heavy atom. The fourth-order valence-corrected chi connectivity index (χ4v) is 1.98. The van der Waals surface area contributed by atoms with Gasteiger partial charge in [-0.3, -0.25) is 15.6 Å². The Labute approximate surface area is 132 Å². The molecule has 0 aliphatic heterocycles. The summed E-state index contributed by atoms with van der Waals surface area (Å²) in [7, 11) is 0. The highest BCUT2D eigenvalue weighted by Gasteiger charge is 2.14. The van der Waals surface area contributed by atoms with Gasteiger partial charge in [0.05, 0.1) is 0 Å². The molecule has 1 rings (SSSR count). The van der Waals surface area contributed by atoms with Crippen molar-refractivity contribution >= 4 is 39.2 Å². The van der Waals surface area contributed by atoms with Crippen LogP contribution in [0.3, 0.4) is 0 Å². The average molecular weight is 360 g/mol. The lowest BCUT2D eigenvalue weighted by Gasteiger charge is -2.17. The molecule has 0 aliphatic carbocycles. The Hall–Kier alpha value is -1.34. The highest BCUT2D eigenvalue weighted by Crippen LogP contribution is 2.18. The zero-order chi connectivity index (χ0) is 15.1. The molecule has 1 aromatic rings. The molecule has 0 saturated heterocycles. The predicted molar refractivity (Wildman–Crippen MR) is 86.4 cm³/mol. The zero-order valence-corrected chi connectivity index (χ0v) is 14.0. The second-order valence-electron chi connectivity index (χ2n) is 4.46. The summed E-state index contributed by atoms with van der Waals surface area (Å²) in [6.07, 6.45) is -0.640. The molecule has 1 atom stereocenters. The van der Waals surface area contributed by atoms with Gasteiger partial charge in [-0.1, -0.05) is 22.0 Å². The topological polar surface area (TPSA) is 62.4 Å². The van der Waals surface area contributed by atoms with Crippen LogP contribution in [0.4, 0.5) is 0 Å². The first-order chi connectivity index (χ1) is 9.38. The van der Waals surface area contributed by atoms with E-state index in [0.29, 0.717) is 10.9 Å². The monoisotopic (exact) mass is 359 g/mol. The number of hydrogen-bond donors (Lipinski definition) is 3. The molecule has 0 aromatic heterocycles. The molecular weight excluding hydrogens is 342 g/mol. The Bertz CT molecular complexity index is 482. The smallest absolute Gasteiger partial charge is 0.279 e. The molecule has 0 spiro atoms. The summed E-state index contributed by atoms with van der Waals surface area (Å²) >= 11 is 8.34. The molecule has 110 valence electrons. The third-order valence-electron chi connectivity index (χ3n) is 2.20. The molecule has 0 unspecified atom stereocenters. The van der Waals surface area contributed by atoms with Crippen LogP contribution in [0.15, 0.2) is 28.7 Å². The summed E-state index contributed by atoms with van der Waals surface area (Å²) in [5.74, 6) is 0.308. The van der Waals surface area contributed by atoms with Gasteiger partial charge in [-0.05, 0) is 51.2 Å². The molecule has 0 aliphatic rings. The van der Waals surface area contributed by atoms with E-state index in [0.717, 1.165) is 4.47 Å².